The average Bonchev–Trinajstić information content (AvgIpc) is 2.61. The van der Waals surface area contributed by atoms with E-state index in [0.717, 1.165) is 6.07 Å². The predicted octanol–water partition coefficient (Wildman–Crippen LogP) is 2.32. The van der Waals surface area contributed by atoms with Gasteiger partial charge in [-0.15, -0.1) is 0 Å². The van der Waals surface area contributed by atoms with Gasteiger partial charge in [-0.25, -0.2) is 4.79 Å². The SMILES string of the molecule is CC(C)CNC(=O)COC(=O)[C@@H](NC(=O)c1ccc(Cl)c([N+](=O)[O-])c1)C(C)C. The number of hydrogen-bond acceptors (Lipinski definition) is 6. The van der Waals surface area contributed by atoms with E-state index in [0.29, 0.717) is 6.54 Å². The summed E-state index contributed by atoms with van der Waals surface area (Å²) < 4.78 is 4.98. The van der Waals surface area contributed by atoms with Crippen LogP contribution >= 0.6 is 11.6 Å². The number of hydrogen-bond donors (Lipinski definition) is 2. The van der Waals surface area contributed by atoms with Gasteiger partial charge >= 0.3 is 5.97 Å². The maximum absolute atomic E-state index is 12.4. The van der Waals surface area contributed by atoms with Crippen molar-refractivity contribution in [2.45, 2.75) is 33.7 Å². The monoisotopic (exact) mass is 413 g/mol. The second kappa shape index (κ2) is 10.6. The summed E-state index contributed by atoms with van der Waals surface area (Å²) in [5.41, 5.74) is -0.441. The molecule has 2 amide bonds. The van der Waals surface area contributed by atoms with E-state index < -0.39 is 41.0 Å². The highest BCUT2D eigenvalue weighted by molar-refractivity contribution is 6.32. The molecule has 0 unspecified atom stereocenters. The summed E-state index contributed by atoms with van der Waals surface area (Å²) >= 11 is 5.73. The van der Waals surface area contributed by atoms with Crippen molar-refractivity contribution in [1.82, 2.24) is 10.6 Å². The van der Waals surface area contributed by atoms with Crippen LogP contribution in [-0.2, 0) is 14.3 Å². The first-order valence-corrected chi connectivity index (χ1v) is 9.08. The maximum Gasteiger partial charge on any atom is 0.329 e. The predicted molar refractivity (Wildman–Crippen MR) is 103 cm³/mol. The number of nitrogens with zero attached hydrogens (tertiary/aromatic N) is 1. The van der Waals surface area contributed by atoms with Crippen LogP contribution in [0.4, 0.5) is 5.69 Å². The van der Waals surface area contributed by atoms with Crippen molar-refractivity contribution in [3.63, 3.8) is 0 Å². The third-order valence-corrected chi connectivity index (χ3v) is 3.98. The molecule has 0 saturated carbocycles. The van der Waals surface area contributed by atoms with Gasteiger partial charge in [0.05, 0.1) is 4.92 Å². The average molecular weight is 414 g/mol. The highest BCUT2D eigenvalue weighted by Crippen LogP contribution is 2.25. The molecule has 0 heterocycles. The number of halogens is 1. The fourth-order valence-electron chi connectivity index (χ4n) is 2.11. The molecular formula is C18H24ClN3O6. The van der Waals surface area contributed by atoms with Crippen molar-refractivity contribution in [1.29, 1.82) is 0 Å². The standard InChI is InChI=1S/C18H24ClN3O6/c1-10(2)8-20-15(23)9-28-18(25)16(11(3)4)21-17(24)12-5-6-13(19)14(7-12)22(26)27/h5-7,10-11,16H,8-9H2,1-4H3,(H,20,23)(H,21,24)/t16-/m0/s1. The summed E-state index contributed by atoms with van der Waals surface area (Å²) in [6, 6.07) is 2.54. The van der Waals surface area contributed by atoms with Gasteiger partial charge in [-0.2, -0.15) is 0 Å². The van der Waals surface area contributed by atoms with Gasteiger partial charge in [0.1, 0.15) is 11.1 Å². The molecule has 1 aromatic carbocycles. The second-order valence-electron chi connectivity index (χ2n) is 6.92. The van der Waals surface area contributed by atoms with E-state index >= 15 is 0 Å². The summed E-state index contributed by atoms with van der Waals surface area (Å²) in [7, 11) is 0. The summed E-state index contributed by atoms with van der Waals surface area (Å²) in [5.74, 6) is -1.99. The lowest BCUT2D eigenvalue weighted by atomic mass is 10.0. The zero-order chi connectivity index (χ0) is 21.4. The lowest BCUT2D eigenvalue weighted by Gasteiger charge is -2.21. The van der Waals surface area contributed by atoms with Crippen LogP contribution in [0.15, 0.2) is 18.2 Å². The molecule has 28 heavy (non-hydrogen) atoms. The largest absolute Gasteiger partial charge is 0.454 e. The Morgan fingerprint density at radius 3 is 2.39 bits per heavy atom. The van der Waals surface area contributed by atoms with Gasteiger partial charge in [0.2, 0.25) is 0 Å². The molecule has 9 nitrogen and oxygen atoms in total. The first-order valence-electron chi connectivity index (χ1n) is 8.71. The molecule has 1 atom stereocenters. The van der Waals surface area contributed by atoms with Crippen LogP contribution in [0.2, 0.25) is 5.02 Å². The Bertz CT molecular complexity index is 751. The van der Waals surface area contributed by atoms with Crippen LogP contribution < -0.4 is 10.6 Å². The molecule has 0 radical (unpaired) electrons. The van der Waals surface area contributed by atoms with Crippen molar-refractivity contribution in [2.24, 2.45) is 11.8 Å². The number of carbonyl (C=O) groups excluding carboxylic acids is 3. The van der Waals surface area contributed by atoms with Crippen LogP contribution in [0.5, 0.6) is 0 Å². The molecule has 0 saturated heterocycles. The van der Waals surface area contributed by atoms with Crippen LogP contribution in [0, 0.1) is 22.0 Å². The van der Waals surface area contributed by atoms with Crippen molar-refractivity contribution < 1.29 is 24.0 Å². The number of benzene rings is 1. The molecule has 0 aromatic heterocycles. The number of nitrogens with one attached hydrogen (secondary N) is 2. The van der Waals surface area contributed by atoms with Gasteiger partial charge < -0.3 is 15.4 Å². The van der Waals surface area contributed by atoms with Crippen molar-refractivity contribution >= 4 is 35.1 Å². The summed E-state index contributed by atoms with van der Waals surface area (Å²) in [6.07, 6.45) is 0. The van der Waals surface area contributed by atoms with E-state index in [-0.39, 0.29) is 22.4 Å². The molecule has 1 aromatic rings. The Labute approximate surface area is 167 Å². The molecule has 10 heteroatoms. The van der Waals surface area contributed by atoms with Gasteiger partial charge in [0.15, 0.2) is 6.61 Å². The minimum atomic E-state index is -1.03. The first kappa shape index (κ1) is 23.4. The highest BCUT2D eigenvalue weighted by atomic mass is 35.5. The van der Waals surface area contributed by atoms with E-state index in [1.165, 1.54) is 12.1 Å². The molecule has 0 aliphatic heterocycles. The molecule has 154 valence electrons. The second-order valence-corrected chi connectivity index (χ2v) is 7.33. The minimum Gasteiger partial charge on any atom is -0.454 e. The molecule has 2 N–H and O–H groups in total. The zero-order valence-corrected chi connectivity index (χ0v) is 16.9. The molecule has 0 fully saturated rings. The Morgan fingerprint density at radius 2 is 1.86 bits per heavy atom. The smallest absolute Gasteiger partial charge is 0.329 e. The first-order chi connectivity index (χ1) is 13.0. The summed E-state index contributed by atoms with van der Waals surface area (Å²) in [5, 5.41) is 15.9. The molecule has 1 rings (SSSR count). The van der Waals surface area contributed by atoms with Crippen LogP contribution in [0.25, 0.3) is 0 Å². The van der Waals surface area contributed by atoms with Gasteiger partial charge in [0.25, 0.3) is 17.5 Å². The van der Waals surface area contributed by atoms with E-state index in [1.807, 2.05) is 13.8 Å². The number of nitro benzene ring substituents is 1. The highest BCUT2D eigenvalue weighted by Gasteiger charge is 2.27. The van der Waals surface area contributed by atoms with E-state index in [1.54, 1.807) is 13.8 Å². The van der Waals surface area contributed by atoms with Crippen molar-refractivity contribution in [3.05, 3.63) is 38.9 Å². The Kier molecular flexibility index (Phi) is 8.84. The van der Waals surface area contributed by atoms with E-state index in [9.17, 15) is 24.5 Å². The number of ether oxygens (including phenoxy) is 1. The Balaban J connectivity index is 2.77. The van der Waals surface area contributed by atoms with Crippen molar-refractivity contribution in [2.75, 3.05) is 13.2 Å². The van der Waals surface area contributed by atoms with Gasteiger partial charge in [-0.3, -0.25) is 19.7 Å². The van der Waals surface area contributed by atoms with Crippen molar-refractivity contribution in [3.8, 4) is 0 Å². The molecular weight excluding hydrogens is 390 g/mol. The lowest BCUT2D eigenvalue weighted by Crippen LogP contribution is -2.46. The number of rotatable bonds is 9. The quantitative estimate of drug-likeness (QED) is 0.363. The van der Waals surface area contributed by atoms with Gasteiger partial charge in [0, 0.05) is 18.2 Å². The lowest BCUT2D eigenvalue weighted by molar-refractivity contribution is -0.384. The van der Waals surface area contributed by atoms with Crippen LogP contribution in [-0.4, -0.2) is 41.9 Å². The fraction of sp³-hybridized carbons (Fsp3) is 0.500. The molecule has 0 aliphatic rings. The van der Waals surface area contributed by atoms with Crippen LogP contribution in [0.1, 0.15) is 38.1 Å². The minimum absolute atomic E-state index is 0.0239. The van der Waals surface area contributed by atoms with Crippen LogP contribution in [0.3, 0.4) is 0 Å². The third-order valence-electron chi connectivity index (χ3n) is 3.67. The number of esters is 1. The summed E-state index contributed by atoms with van der Waals surface area (Å²) in [6.45, 7) is 7.23. The maximum atomic E-state index is 12.4. The number of amides is 2. The molecule has 0 aliphatic carbocycles. The normalized spacial score (nSPS) is 11.8. The molecule has 0 spiro atoms. The number of nitro groups is 1. The third kappa shape index (κ3) is 7.15. The zero-order valence-electron chi connectivity index (χ0n) is 16.2. The fourth-order valence-corrected chi connectivity index (χ4v) is 2.30. The van der Waals surface area contributed by atoms with Gasteiger partial charge in [-0.05, 0) is 24.0 Å². The number of carbonyl (C=O) groups is 3. The van der Waals surface area contributed by atoms with E-state index in [2.05, 4.69) is 10.6 Å². The molecule has 0 bridgehead atoms. The topological polar surface area (TPSA) is 128 Å². The van der Waals surface area contributed by atoms with E-state index in [4.69, 9.17) is 16.3 Å². The Morgan fingerprint density at radius 1 is 1.21 bits per heavy atom. The van der Waals surface area contributed by atoms with Gasteiger partial charge in [-0.1, -0.05) is 39.3 Å². The summed E-state index contributed by atoms with van der Waals surface area (Å²) in [4.78, 5) is 46.6. The Hall–Kier alpha value is -2.68.